The average molecular weight is 360 g/mol. The van der Waals surface area contributed by atoms with Gasteiger partial charge in [-0.2, -0.15) is 0 Å². The second kappa shape index (κ2) is 8.98. The van der Waals surface area contributed by atoms with Gasteiger partial charge in [-0.15, -0.1) is 11.3 Å². The molecule has 6 nitrogen and oxygen atoms in total. The third kappa shape index (κ3) is 6.04. The highest BCUT2D eigenvalue weighted by molar-refractivity contribution is 7.10. The SMILES string of the molecule is CC(=O)NC(CC(=O)NC(CC(=O)O)c1ccccc1)c1cccs1. The molecule has 0 radical (unpaired) electrons. The van der Waals surface area contributed by atoms with E-state index in [4.69, 9.17) is 5.11 Å². The summed E-state index contributed by atoms with van der Waals surface area (Å²) in [6.45, 7) is 1.40. The zero-order valence-electron chi connectivity index (χ0n) is 13.8. The summed E-state index contributed by atoms with van der Waals surface area (Å²) < 4.78 is 0. The summed E-state index contributed by atoms with van der Waals surface area (Å²) in [6, 6.07) is 11.6. The molecular formula is C18H20N2O4S. The van der Waals surface area contributed by atoms with Gasteiger partial charge >= 0.3 is 5.97 Å². The van der Waals surface area contributed by atoms with Crippen LogP contribution in [0.3, 0.4) is 0 Å². The molecule has 2 rings (SSSR count). The summed E-state index contributed by atoms with van der Waals surface area (Å²) in [4.78, 5) is 35.8. The van der Waals surface area contributed by atoms with Crippen molar-refractivity contribution in [3.8, 4) is 0 Å². The van der Waals surface area contributed by atoms with Crippen molar-refractivity contribution >= 4 is 29.1 Å². The van der Waals surface area contributed by atoms with E-state index < -0.39 is 18.1 Å². The lowest BCUT2D eigenvalue weighted by atomic mass is 10.0. The van der Waals surface area contributed by atoms with E-state index in [1.165, 1.54) is 18.3 Å². The number of hydrogen-bond donors (Lipinski definition) is 3. The number of carbonyl (C=O) groups is 3. The minimum atomic E-state index is -0.995. The molecule has 2 atom stereocenters. The number of rotatable bonds is 8. The van der Waals surface area contributed by atoms with Gasteiger partial charge in [-0.25, -0.2) is 0 Å². The average Bonchev–Trinajstić information content (AvgIpc) is 3.08. The van der Waals surface area contributed by atoms with Gasteiger partial charge in [0.05, 0.1) is 24.9 Å². The molecule has 0 aliphatic rings. The molecule has 0 bridgehead atoms. The summed E-state index contributed by atoms with van der Waals surface area (Å²) in [7, 11) is 0. The molecule has 7 heteroatoms. The second-order valence-electron chi connectivity index (χ2n) is 5.60. The van der Waals surface area contributed by atoms with E-state index in [9.17, 15) is 14.4 Å². The Labute approximate surface area is 149 Å². The Morgan fingerprint density at radius 1 is 1.00 bits per heavy atom. The molecule has 0 spiro atoms. The number of carboxylic acids is 1. The fraction of sp³-hybridized carbons (Fsp3) is 0.278. The Kier molecular flexibility index (Phi) is 6.71. The minimum Gasteiger partial charge on any atom is -0.481 e. The van der Waals surface area contributed by atoms with Gasteiger partial charge in [-0.05, 0) is 17.0 Å². The van der Waals surface area contributed by atoms with E-state index >= 15 is 0 Å². The van der Waals surface area contributed by atoms with Crippen molar-refractivity contribution in [1.82, 2.24) is 10.6 Å². The third-order valence-electron chi connectivity index (χ3n) is 3.57. The number of carboxylic acid groups (broad SMARTS) is 1. The molecule has 132 valence electrons. The molecule has 0 aliphatic carbocycles. The quantitative estimate of drug-likeness (QED) is 0.674. The van der Waals surface area contributed by atoms with Crippen LogP contribution in [0.1, 0.15) is 42.3 Å². The predicted octanol–water partition coefficient (Wildman–Crippen LogP) is 2.65. The Bertz CT molecular complexity index is 716. The lowest BCUT2D eigenvalue weighted by Gasteiger charge is -2.20. The van der Waals surface area contributed by atoms with Crippen LogP contribution in [-0.2, 0) is 14.4 Å². The number of benzene rings is 1. The zero-order valence-corrected chi connectivity index (χ0v) is 14.6. The van der Waals surface area contributed by atoms with Gasteiger partial charge in [-0.3, -0.25) is 14.4 Å². The summed E-state index contributed by atoms with van der Waals surface area (Å²) in [5.41, 5.74) is 0.727. The predicted molar refractivity (Wildman–Crippen MR) is 95.1 cm³/mol. The first-order valence-corrected chi connectivity index (χ1v) is 8.70. The van der Waals surface area contributed by atoms with Gasteiger partial charge < -0.3 is 15.7 Å². The van der Waals surface area contributed by atoms with E-state index in [2.05, 4.69) is 10.6 Å². The summed E-state index contributed by atoms with van der Waals surface area (Å²) in [5.74, 6) is -1.54. The van der Waals surface area contributed by atoms with E-state index in [1.807, 2.05) is 23.6 Å². The highest BCUT2D eigenvalue weighted by atomic mass is 32.1. The Balaban J connectivity index is 2.08. The zero-order chi connectivity index (χ0) is 18.2. The number of carbonyl (C=O) groups excluding carboxylic acids is 2. The number of hydrogen-bond acceptors (Lipinski definition) is 4. The molecule has 25 heavy (non-hydrogen) atoms. The van der Waals surface area contributed by atoms with E-state index in [-0.39, 0.29) is 24.7 Å². The first-order valence-electron chi connectivity index (χ1n) is 7.82. The first kappa shape index (κ1) is 18.7. The van der Waals surface area contributed by atoms with Gasteiger partial charge in [0.25, 0.3) is 0 Å². The maximum absolute atomic E-state index is 12.4. The maximum Gasteiger partial charge on any atom is 0.305 e. The summed E-state index contributed by atoms with van der Waals surface area (Å²) in [6.07, 6.45) is -0.164. The van der Waals surface area contributed by atoms with Crippen molar-refractivity contribution in [2.24, 2.45) is 0 Å². The Hall–Kier alpha value is -2.67. The smallest absolute Gasteiger partial charge is 0.305 e. The van der Waals surface area contributed by atoms with Crippen LogP contribution in [0.2, 0.25) is 0 Å². The van der Waals surface area contributed by atoms with Crippen molar-refractivity contribution in [2.45, 2.75) is 31.8 Å². The van der Waals surface area contributed by atoms with Crippen molar-refractivity contribution in [3.05, 3.63) is 58.3 Å². The van der Waals surface area contributed by atoms with Crippen LogP contribution >= 0.6 is 11.3 Å². The maximum atomic E-state index is 12.4. The molecule has 2 unspecified atom stereocenters. The Morgan fingerprint density at radius 3 is 2.28 bits per heavy atom. The van der Waals surface area contributed by atoms with Crippen LogP contribution in [-0.4, -0.2) is 22.9 Å². The lowest BCUT2D eigenvalue weighted by molar-refractivity contribution is -0.137. The van der Waals surface area contributed by atoms with E-state index in [1.54, 1.807) is 24.3 Å². The second-order valence-corrected chi connectivity index (χ2v) is 6.58. The molecule has 2 amide bonds. The molecule has 0 aliphatic heterocycles. The van der Waals surface area contributed by atoms with Gasteiger partial charge in [0.2, 0.25) is 11.8 Å². The topological polar surface area (TPSA) is 95.5 Å². The van der Waals surface area contributed by atoms with Crippen LogP contribution in [0.4, 0.5) is 0 Å². The fourth-order valence-corrected chi connectivity index (χ4v) is 3.29. The molecule has 2 aromatic rings. The van der Waals surface area contributed by atoms with Gasteiger partial charge in [0.1, 0.15) is 0 Å². The number of aliphatic carboxylic acids is 1. The molecule has 0 saturated heterocycles. The third-order valence-corrected chi connectivity index (χ3v) is 4.56. The highest BCUT2D eigenvalue weighted by Crippen LogP contribution is 2.23. The van der Waals surface area contributed by atoms with Gasteiger partial charge in [0, 0.05) is 11.8 Å². The number of nitrogens with one attached hydrogen (secondary N) is 2. The van der Waals surface area contributed by atoms with Crippen molar-refractivity contribution in [2.75, 3.05) is 0 Å². The van der Waals surface area contributed by atoms with Crippen molar-refractivity contribution in [1.29, 1.82) is 0 Å². The largest absolute Gasteiger partial charge is 0.481 e. The van der Waals surface area contributed by atoms with Crippen LogP contribution in [0, 0.1) is 0 Å². The molecular weight excluding hydrogens is 340 g/mol. The highest BCUT2D eigenvalue weighted by Gasteiger charge is 2.22. The first-order chi connectivity index (χ1) is 12.0. The van der Waals surface area contributed by atoms with Crippen molar-refractivity contribution < 1.29 is 19.5 Å². The standard InChI is InChI=1S/C18H20N2O4S/c1-12(21)19-15(16-8-5-9-25-16)10-17(22)20-14(11-18(23)24)13-6-3-2-4-7-13/h2-9,14-15H,10-11H2,1H3,(H,19,21)(H,20,22)(H,23,24). The van der Waals surface area contributed by atoms with Gasteiger partial charge in [-0.1, -0.05) is 36.4 Å². The van der Waals surface area contributed by atoms with Crippen LogP contribution in [0.5, 0.6) is 0 Å². The molecule has 1 aromatic heterocycles. The summed E-state index contributed by atoms with van der Waals surface area (Å²) >= 11 is 1.45. The van der Waals surface area contributed by atoms with Crippen LogP contribution in [0.15, 0.2) is 47.8 Å². The summed E-state index contributed by atoms with van der Waals surface area (Å²) in [5, 5.41) is 16.5. The number of thiophene rings is 1. The normalized spacial score (nSPS) is 12.8. The van der Waals surface area contributed by atoms with E-state index in [0.29, 0.717) is 0 Å². The van der Waals surface area contributed by atoms with E-state index in [0.717, 1.165) is 10.4 Å². The molecule has 1 aromatic carbocycles. The molecule has 0 saturated carbocycles. The van der Waals surface area contributed by atoms with Crippen LogP contribution < -0.4 is 10.6 Å². The minimum absolute atomic E-state index is 0.0447. The lowest BCUT2D eigenvalue weighted by Crippen LogP contribution is -2.35. The van der Waals surface area contributed by atoms with Crippen LogP contribution in [0.25, 0.3) is 0 Å². The Morgan fingerprint density at radius 2 is 1.72 bits per heavy atom. The van der Waals surface area contributed by atoms with Crippen molar-refractivity contribution in [3.63, 3.8) is 0 Å². The molecule has 1 heterocycles. The van der Waals surface area contributed by atoms with Gasteiger partial charge in [0.15, 0.2) is 0 Å². The molecule has 0 fully saturated rings. The monoisotopic (exact) mass is 360 g/mol. The molecule has 3 N–H and O–H groups in total. The number of amides is 2. The fourth-order valence-electron chi connectivity index (χ4n) is 2.51.